The van der Waals surface area contributed by atoms with Gasteiger partial charge >= 0.3 is 0 Å². The summed E-state index contributed by atoms with van der Waals surface area (Å²) in [4.78, 5) is 22.6. The molecule has 2 rings (SSSR count). The number of nitro benzene ring substituents is 1. The average molecular weight is 289 g/mol. The van der Waals surface area contributed by atoms with Crippen LogP contribution in [0.4, 0.5) is 5.69 Å². The summed E-state index contributed by atoms with van der Waals surface area (Å²) in [5.41, 5.74) is 1.20. The Morgan fingerprint density at radius 1 is 1.33 bits per heavy atom. The second-order valence-corrected chi connectivity index (χ2v) is 7.13. The van der Waals surface area contributed by atoms with E-state index in [0.717, 1.165) is 18.4 Å². The highest BCUT2D eigenvalue weighted by molar-refractivity contribution is 5.82. The van der Waals surface area contributed by atoms with Gasteiger partial charge in [0.05, 0.1) is 4.92 Å². The van der Waals surface area contributed by atoms with Crippen LogP contribution in [0.15, 0.2) is 24.3 Å². The third-order valence-electron chi connectivity index (χ3n) is 4.59. The molecule has 1 aromatic carbocycles. The molecular formula is C17H23NO3. The molecule has 4 nitrogen and oxygen atoms in total. The highest BCUT2D eigenvalue weighted by Gasteiger charge is 2.34. The van der Waals surface area contributed by atoms with Gasteiger partial charge in [-0.25, -0.2) is 0 Å². The zero-order valence-corrected chi connectivity index (χ0v) is 13.0. The largest absolute Gasteiger partial charge is 0.299 e. The zero-order chi connectivity index (χ0) is 15.6. The Morgan fingerprint density at radius 3 is 2.67 bits per heavy atom. The number of carbonyl (C=O) groups is 1. The van der Waals surface area contributed by atoms with Gasteiger partial charge in [0.2, 0.25) is 0 Å². The second-order valence-electron chi connectivity index (χ2n) is 7.13. The van der Waals surface area contributed by atoms with E-state index in [0.29, 0.717) is 24.5 Å². The first kappa shape index (κ1) is 15.7. The van der Waals surface area contributed by atoms with Crippen LogP contribution in [0.25, 0.3) is 0 Å². The lowest BCUT2D eigenvalue weighted by Crippen LogP contribution is -2.33. The molecule has 0 N–H and O–H groups in total. The van der Waals surface area contributed by atoms with Crippen LogP contribution in [0.5, 0.6) is 0 Å². The number of Topliss-reactive ketones (excluding diaryl/α,β-unsaturated/α-hetero) is 1. The Hall–Kier alpha value is -1.71. The molecule has 0 aliphatic heterocycles. The van der Waals surface area contributed by atoms with E-state index in [1.165, 1.54) is 6.07 Å². The first-order valence-electron chi connectivity index (χ1n) is 7.53. The van der Waals surface area contributed by atoms with Gasteiger partial charge in [0, 0.05) is 24.5 Å². The Bertz CT molecular complexity index is 545. The van der Waals surface area contributed by atoms with Crippen LogP contribution in [0, 0.1) is 27.4 Å². The maximum Gasteiger partial charge on any atom is 0.269 e. The highest BCUT2D eigenvalue weighted by Crippen LogP contribution is 2.40. The molecule has 114 valence electrons. The lowest BCUT2D eigenvalue weighted by atomic mass is 9.67. The van der Waals surface area contributed by atoms with E-state index in [4.69, 9.17) is 0 Å². The number of carbonyl (C=O) groups excluding carboxylic acids is 1. The van der Waals surface area contributed by atoms with Gasteiger partial charge in [-0.15, -0.1) is 0 Å². The topological polar surface area (TPSA) is 60.2 Å². The predicted molar refractivity (Wildman–Crippen MR) is 82.1 cm³/mol. The molecular weight excluding hydrogens is 266 g/mol. The van der Waals surface area contributed by atoms with Crippen molar-refractivity contribution in [2.45, 2.75) is 46.5 Å². The lowest BCUT2D eigenvalue weighted by Gasteiger charge is -2.37. The molecule has 1 fully saturated rings. The van der Waals surface area contributed by atoms with E-state index < -0.39 is 0 Å². The maximum absolute atomic E-state index is 12.2. The van der Waals surface area contributed by atoms with Crippen molar-refractivity contribution in [2.24, 2.45) is 17.3 Å². The molecule has 2 unspecified atom stereocenters. The molecule has 0 heterocycles. The van der Waals surface area contributed by atoms with Gasteiger partial charge in [-0.3, -0.25) is 14.9 Å². The summed E-state index contributed by atoms with van der Waals surface area (Å²) in [6.45, 7) is 6.66. The van der Waals surface area contributed by atoms with E-state index in [9.17, 15) is 14.9 Å². The number of nitrogens with zero attached hydrogens (tertiary/aromatic N) is 1. The molecule has 4 heteroatoms. The zero-order valence-electron chi connectivity index (χ0n) is 13.0. The molecule has 0 saturated heterocycles. The maximum atomic E-state index is 12.2. The summed E-state index contributed by atoms with van der Waals surface area (Å²) < 4.78 is 0. The minimum atomic E-state index is -0.385. The number of hydrogen-bond acceptors (Lipinski definition) is 3. The number of hydrogen-bond donors (Lipinski definition) is 0. The van der Waals surface area contributed by atoms with Crippen molar-refractivity contribution in [1.29, 1.82) is 0 Å². The van der Waals surface area contributed by atoms with Gasteiger partial charge in [-0.1, -0.05) is 32.9 Å². The van der Waals surface area contributed by atoms with Gasteiger partial charge < -0.3 is 0 Å². The molecule has 1 saturated carbocycles. The molecule has 0 bridgehead atoms. The van der Waals surface area contributed by atoms with Gasteiger partial charge in [0.15, 0.2) is 0 Å². The van der Waals surface area contributed by atoms with E-state index >= 15 is 0 Å². The van der Waals surface area contributed by atoms with Crippen molar-refractivity contribution < 1.29 is 9.72 Å². The van der Waals surface area contributed by atoms with Crippen molar-refractivity contribution >= 4 is 11.5 Å². The van der Waals surface area contributed by atoms with Gasteiger partial charge in [0.25, 0.3) is 5.69 Å². The first-order chi connectivity index (χ1) is 9.77. The van der Waals surface area contributed by atoms with Gasteiger partial charge in [0.1, 0.15) is 5.78 Å². The third-order valence-corrected chi connectivity index (χ3v) is 4.59. The SMILES string of the molecule is CC(C)(C)C1CCC(=O)C(Cc2cccc([N+](=O)[O-])c2)C1. The lowest BCUT2D eigenvalue weighted by molar-refractivity contribution is -0.384. The molecule has 1 aliphatic carbocycles. The highest BCUT2D eigenvalue weighted by atomic mass is 16.6. The van der Waals surface area contributed by atoms with Gasteiger partial charge in [-0.2, -0.15) is 0 Å². The van der Waals surface area contributed by atoms with Crippen LogP contribution in [0.1, 0.15) is 45.6 Å². The summed E-state index contributed by atoms with van der Waals surface area (Å²) in [6.07, 6.45) is 3.12. The molecule has 2 atom stereocenters. The fourth-order valence-corrected chi connectivity index (χ4v) is 3.18. The van der Waals surface area contributed by atoms with E-state index in [-0.39, 0.29) is 21.9 Å². The van der Waals surface area contributed by atoms with Crippen molar-refractivity contribution in [3.8, 4) is 0 Å². The van der Waals surface area contributed by atoms with Gasteiger partial charge in [-0.05, 0) is 36.2 Å². The third kappa shape index (κ3) is 3.90. The van der Waals surface area contributed by atoms with Crippen LogP contribution in [-0.2, 0) is 11.2 Å². The molecule has 0 amide bonds. The predicted octanol–water partition coefficient (Wildman–Crippen LogP) is 4.17. The quantitative estimate of drug-likeness (QED) is 0.620. The van der Waals surface area contributed by atoms with Crippen molar-refractivity contribution in [3.63, 3.8) is 0 Å². The summed E-state index contributed by atoms with van der Waals surface area (Å²) in [7, 11) is 0. The fourth-order valence-electron chi connectivity index (χ4n) is 3.18. The van der Waals surface area contributed by atoms with E-state index in [1.54, 1.807) is 12.1 Å². The smallest absolute Gasteiger partial charge is 0.269 e. The minimum Gasteiger partial charge on any atom is -0.299 e. The van der Waals surface area contributed by atoms with Crippen LogP contribution in [0.2, 0.25) is 0 Å². The Balaban J connectivity index is 2.12. The molecule has 0 radical (unpaired) electrons. The molecule has 1 aliphatic rings. The average Bonchev–Trinajstić information content (AvgIpc) is 2.40. The van der Waals surface area contributed by atoms with E-state index in [1.807, 2.05) is 6.07 Å². The van der Waals surface area contributed by atoms with Crippen molar-refractivity contribution in [1.82, 2.24) is 0 Å². The number of nitro groups is 1. The Labute approximate surface area is 125 Å². The summed E-state index contributed by atoms with van der Waals surface area (Å²) in [5, 5.41) is 10.8. The van der Waals surface area contributed by atoms with Crippen molar-refractivity contribution in [2.75, 3.05) is 0 Å². The van der Waals surface area contributed by atoms with Crippen LogP contribution < -0.4 is 0 Å². The molecule has 21 heavy (non-hydrogen) atoms. The van der Waals surface area contributed by atoms with Crippen LogP contribution in [0.3, 0.4) is 0 Å². The van der Waals surface area contributed by atoms with Crippen LogP contribution >= 0.6 is 0 Å². The normalized spacial score (nSPS) is 23.1. The number of benzene rings is 1. The molecule has 1 aromatic rings. The fraction of sp³-hybridized carbons (Fsp3) is 0.588. The summed E-state index contributed by atoms with van der Waals surface area (Å²) in [5.74, 6) is 0.853. The van der Waals surface area contributed by atoms with E-state index in [2.05, 4.69) is 20.8 Å². The first-order valence-corrected chi connectivity index (χ1v) is 7.53. The Morgan fingerprint density at radius 2 is 2.05 bits per heavy atom. The number of ketones is 1. The Kier molecular flexibility index (Phi) is 4.45. The molecule has 0 spiro atoms. The van der Waals surface area contributed by atoms with Crippen LogP contribution in [-0.4, -0.2) is 10.7 Å². The number of non-ortho nitro benzene ring substituents is 1. The minimum absolute atomic E-state index is 0.00461. The summed E-state index contributed by atoms with van der Waals surface area (Å²) >= 11 is 0. The number of rotatable bonds is 3. The summed E-state index contributed by atoms with van der Waals surface area (Å²) in [6, 6.07) is 6.65. The standard InChI is InChI=1S/C17H23NO3/c1-17(2,3)14-7-8-16(19)13(11-14)9-12-5-4-6-15(10-12)18(20)21/h4-6,10,13-14H,7-9,11H2,1-3H3. The molecule has 0 aromatic heterocycles. The monoisotopic (exact) mass is 289 g/mol. The van der Waals surface area contributed by atoms with Crippen molar-refractivity contribution in [3.05, 3.63) is 39.9 Å². The second kappa shape index (κ2) is 5.96.